The summed E-state index contributed by atoms with van der Waals surface area (Å²) in [5, 5.41) is 0. The predicted molar refractivity (Wildman–Crippen MR) is 77.4 cm³/mol. The molecule has 0 aliphatic heterocycles. The smallest absolute Gasteiger partial charge is 0.358 e. The number of carbonyl (C=O) groups excluding carboxylic acids is 1. The van der Waals surface area contributed by atoms with E-state index in [4.69, 9.17) is 4.74 Å². The average Bonchev–Trinajstić information content (AvgIpc) is 2.53. The van der Waals surface area contributed by atoms with Gasteiger partial charge in [-0.25, -0.2) is 14.8 Å². The molecule has 7 heteroatoms. The van der Waals surface area contributed by atoms with Gasteiger partial charge in [-0.15, -0.1) is 0 Å². The van der Waals surface area contributed by atoms with E-state index < -0.39 is 5.97 Å². The molecule has 110 valence electrons. The Morgan fingerprint density at radius 3 is 2.91 bits per heavy atom. The van der Waals surface area contributed by atoms with Crippen LogP contribution in [0.4, 0.5) is 0 Å². The number of hydrogen-bond acceptors (Lipinski definition) is 6. The van der Waals surface area contributed by atoms with Crippen molar-refractivity contribution in [3.8, 4) is 0 Å². The molecule has 3 aromatic heterocycles. The third-order valence-electron chi connectivity index (χ3n) is 2.97. The van der Waals surface area contributed by atoms with Crippen molar-refractivity contribution in [3.05, 3.63) is 70.3 Å². The Kier molecular flexibility index (Phi) is 3.61. The molecule has 3 heterocycles. The fourth-order valence-corrected chi connectivity index (χ4v) is 1.89. The van der Waals surface area contributed by atoms with Crippen molar-refractivity contribution in [3.63, 3.8) is 0 Å². The summed E-state index contributed by atoms with van der Waals surface area (Å²) >= 11 is 0. The molecule has 0 aromatic carbocycles. The van der Waals surface area contributed by atoms with Crippen molar-refractivity contribution in [2.24, 2.45) is 0 Å². The van der Waals surface area contributed by atoms with Crippen LogP contribution in [0.2, 0.25) is 0 Å². The van der Waals surface area contributed by atoms with Crippen LogP contribution >= 0.6 is 0 Å². The average molecular weight is 296 g/mol. The van der Waals surface area contributed by atoms with E-state index in [2.05, 4.69) is 15.0 Å². The number of pyridine rings is 1. The van der Waals surface area contributed by atoms with E-state index in [1.165, 1.54) is 22.9 Å². The molecule has 0 bridgehead atoms. The van der Waals surface area contributed by atoms with Gasteiger partial charge in [-0.2, -0.15) is 0 Å². The van der Waals surface area contributed by atoms with Crippen LogP contribution < -0.4 is 5.56 Å². The molecular formula is C15H12N4O3. The molecule has 0 atom stereocenters. The van der Waals surface area contributed by atoms with Crippen LogP contribution in [0, 0.1) is 6.92 Å². The van der Waals surface area contributed by atoms with Gasteiger partial charge in [0.2, 0.25) is 0 Å². The molecule has 0 spiro atoms. The van der Waals surface area contributed by atoms with Crippen LogP contribution in [-0.4, -0.2) is 25.3 Å². The van der Waals surface area contributed by atoms with Gasteiger partial charge in [0.05, 0.1) is 17.6 Å². The summed E-state index contributed by atoms with van der Waals surface area (Å²) in [6.07, 6.45) is 4.46. The third-order valence-corrected chi connectivity index (χ3v) is 2.97. The van der Waals surface area contributed by atoms with Gasteiger partial charge in [-0.3, -0.25) is 14.2 Å². The molecular weight excluding hydrogens is 284 g/mol. The minimum Gasteiger partial charge on any atom is -0.454 e. The summed E-state index contributed by atoms with van der Waals surface area (Å²) in [6, 6.07) is 6.56. The monoisotopic (exact) mass is 296 g/mol. The van der Waals surface area contributed by atoms with Crippen LogP contribution in [0.1, 0.15) is 21.9 Å². The SMILES string of the molecule is Cc1cnc(C(=O)OCc2cc(=O)n3ccccc3n2)cn1. The summed E-state index contributed by atoms with van der Waals surface area (Å²) < 4.78 is 6.52. The number of fused-ring (bicyclic) bond motifs is 1. The largest absolute Gasteiger partial charge is 0.454 e. The first-order valence-electron chi connectivity index (χ1n) is 6.56. The summed E-state index contributed by atoms with van der Waals surface area (Å²) in [7, 11) is 0. The molecule has 0 N–H and O–H groups in total. The number of esters is 1. The van der Waals surface area contributed by atoms with Crippen molar-refractivity contribution in [1.82, 2.24) is 19.4 Å². The molecule has 0 saturated carbocycles. The number of hydrogen-bond donors (Lipinski definition) is 0. The first kappa shape index (κ1) is 13.9. The number of aromatic nitrogens is 4. The first-order valence-corrected chi connectivity index (χ1v) is 6.56. The lowest BCUT2D eigenvalue weighted by Crippen LogP contribution is -2.16. The Balaban J connectivity index is 1.77. The van der Waals surface area contributed by atoms with Gasteiger partial charge in [-0.05, 0) is 19.1 Å². The minimum atomic E-state index is -0.609. The number of nitrogens with zero attached hydrogens (tertiary/aromatic N) is 4. The normalized spacial score (nSPS) is 10.6. The molecule has 0 saturated heterocycles. The van der Waals surface area contributed by atoms with E-state index >= 15 is 0 Å². The molecule has 0 aliphatic carbocycles. The van der Waals surface area contributed by atoms with E-state index in [0.29, 0.717) is 17.0 Å². The van der Waals surface area contributed by atoms with E-state index in [1.807, 2.05) is 0 Å². The second-order valence-corrected chi connectivity index (χ2v) is 4.63. The Morgan fingerprint density at radius 2 is 2.14 bits per heavy atom. The van der Waals surface area contributed by atoms with Crippen molar-refractivity contribution in [2.75, 3.05) is 0 Å². The topological polar surface area (TPSA) is 86.5 Å². The standard InChI is InChI=1S/C15H12N4O3/c1-10-7-17-12(8-16-10)15(21)22-9-11-6-14(20)19-5-3-2-4-13(19)18-11/h2-8H,9H2,1H3. The highest BCUT2D eigenvalue weighted by Crippen LogP contribution is 2.03. The predicted octanol–water partition coefficient (Wildman–Crippen LogP) is 1.15. The Bertz CT molecular complexity index is 887. The van der Waals surface area contributed by atoms with Gasteiger partial charge < -0.3 is 4.74 Å². The second-order valence-electron chi connectivity index (χ2n) is 4.63. The fourth-order valence-electron chi connectivity index (χ4n) is 1.89. The van der Waals surface area contributed by atoms with Gasteiger partial charge in [0.25, 0.3) is 5.56 Å². The van der Waals surface area contributed by atoms with E-state index in [9.17, 15) is 9.59 Å². The molecule has 0 unspecified atom stereocenters. The Hall–Kier alpha value is -3.09. The molecule has 22 heavy (non-hydrogen) atoms. The maximum atomic E-state index is 11.9. The lowest BCUT2D eigenvalue weighted by atomic mass is 10.4. The van der Waals surface area contributed by atoms with Gasteiger partial charge in [0, 0.05) is 18.5 Å². The zero-order chi connectivity index (χ0) is 15.5. The second kappa shape index (κ2) is 5.72. The molecule has 7 nitrogen and oxygen atoms in total. The number of ether oxygens (including phenoxy) is 1. The number of carbonyl (C=O) groups is 1. The highest BCUT2D eigenvalue weighted by molar-refractivity contribution is 5.86. The van der Waals surface area contributed by atoms with Crippen LogP contribution in [0.15, 0.2) is 47.7 Å². The van der Waals surface area contributed by atoms with Crippen molar-refractivity contribution < 1.29 is 9.53 Å². The maximum Gasteiger partial charge on any atom is 0.358 e. The summed E-state index contributed by atoms with van der Waals surface area (Å²) in [6.45, 7) is 1.67. The molecule has 0 amide bonds. The summed E-state index contributed by atoms with van der Waals surface area (Å²) in [5.41, 5.74) is 1.47. The fraction of sp³-hybridized carbons (Fsp3) is 0.133. The zero-order valence-electron chi connectivity index (χ0n) is 11.8. The van der Waals surface area contributed by atoms with Gasteiger partial charge in [0.1, 0.15) is 12.3 Å². The van der Waals surface area contributed by atoms with E-state index in [0.717, 1.165) is 0 Å². The third kappa shape index (κ3) is 2.83. The highest BCUT2D eigenvalue weighted by Gasteiger charge is 2.10. The molecule has 0 radical (unpaired) electrons. The number of rotatable bonds is 3. The first-order chi connectivity index (χ1) is 10.6. The Morgan fingerprint density at radius 1 is 1.27 bits per heavy atom. The molecule has 0 fully saturated rings. The molecule has 3 aromatic rings. The van der Waals surface area contributed by atoms with Crippen molar-refractivity contribution in [1.29, 1.82) is 0 Å². The van der Waals surface area contributed by atoms with Gasteiger partial charge in [0.15, 0.2) is 5.69 Å². The van der Waals surface area contributed by atoms with Crippen LogP contribution in [0.25, 0.3) is 5.65 Å². The molecule has 3 rings (SSSR count). The maximum absolute atomic E-state index is 11.9. The summed E-state index contributed by atoms with van der Waals surface area (Å²) in [5.74, 6) is -0.609. The van der Waals surface area contributed by atoms with Gasteiger partial charge in [-0.1, -0.05) is 6.07 Å². The van der Waals surface area contributed by atoms with Crippen LogP contribution in [0.3, 0.4) is 0 Å². The van der Waals surface area contributed by atoms with Crippen LogP contribution in [0.5, 0.6) is 0 Å². The van der Waals surface area contributed by atoms with Gasteiger partial charge >= 0.3 is 5.97 Å². The van der Waals surface area contributed by atoms with E-state index in [-0.39, 0.29) is 17.9 Å². The summed E-state index contributed by atoms with van der Waals surface area (Å²) in [4.78, 5) is 35.9. The molecule has 0 aliphatic rings. The highest BCUT2D eigenvalue weighted by atomic mass is 16.5. The van der Waals surface area contributed by atoms with Crippen molar-refractivity contribution >= 4 is 11.6 Å². The van der Waals surface area contributed by atoms with E-state index in [1.54, 1.807) is 31.3 Å². The number of aryl methyl sites for hydroxylation is 1. The van der Waals surface area contributed by atoms with Crippen molar-refractivity contribution in [2.45, 2.75) is 13.5 Å². The Labute approximate surface area is 125 Å². The lowest BCUT2D eigenvalue weighted by Gasteiger charge is -2.05. The lowest BCUT2D eigenvalue weighted by molar-refractivity contribution is 0.0460. The zero-order valence-corrected chi connectivity index (χ0v) is 11.8. The minimum absolute atomic E-state index is 0.102. The van der Waals surface area contributed by atoms with Crippen LogP contribution in [-0.2, 0) is 11.3 Å². The quantitative estimate of drug-likeness (QED) is 0.674.